The topological polar surface area (TPSA) is 556 Å². The normalized spacial score (nSPS) is 16.2. The molecule has 0 radical (unpaired) electrons. The van der Waals surface area contributed by atoms with E-state index >= 15 is 0 Å². The van der Waals surface area contributed by atoms with Crippen LogP contribution in [0.15, 0.2) is 59.1 Å². The van der Waals surface area contributed by atoms with E-state index in [1.54, 1.807) is 54.4 Å². The van der Waals surface area contributed by atoms with Gasteiger partial charge in [0, 0.05) is 79.3 Å². The van der Waals surface area contributed by atoms with Crippen molar-refractivity contribution in [2.75, 3.05) is 90.5 Å². The predicted octanol–water partition coefficient (Wildman–Crippen LogP) is 1.31. The smallest absolute Gasteiger partial charge is 0.361 e. The Bertz CT molecular complexity index is 4990. The first kappa shape index (κ1) is 76.0. The summed E-state index contributed by atoms with van der Waals surface area (Å²) in [6.07, 6.45) is 20.6. The molecule has 0 unspecified atom stereocenters. The van der Waals surface area contributed by atoms with Gasteiger partial charge in [0.2, 0.25) is 21.4 Å². The van der Waals surface area contributed by atoms with Crippen LogP contribution >= 0.6 is 0 Å². The van der Waals surface area contributed by atoms with Gasteiger partial charge < -0.3 is 52.1 Å². The second-order valence-corrected chi connectivity index (χ2v) is 29.5. The summed E-state index contributed by atoms with van der Waals surface area (Å²) in [5.74, 6) is -2.64. The molecule has 0 bridgehead atoms. The first-order valence-corrected chi connectivity index (χ1v) is 36.9. The zero-order valence-corrected chi connectivity index (χ0v) is 60.6. The Morgan fingerprint density at radius 3 is 1.22 bits per heavy atom. The molecule has 8 aromatic rings. The highest BCUT2D eigenvalue weighted by atomic mass is 32.2. The number of H-pyrrole nitrogens is 1. The third-order valence-corrected chi connectivity index (χ3v) is 21.7. The number of carbonyl (C=O) groups excluding carboxylic acids is 6. The van der Waals surface area contributed by atoms with E-state index < -0.39 is 59.2 Å². The molecule has 0 saturated carbocycles. The van der Waals surface area contributed by atoms with Crippen molar-refractivity contribution in [2.24, 2.45) is 5.14 Å². The van der Waals surface area contributed by atoms with Crippen LogP contribution in [0.4, 0.5) is 38.9 Å². The number of hydrogen-bond acceptors (Lipinski definition) is 24. The van der Waals surface area contributed by atoms with Gasteiger partial charge in [-0.1, -0.05) is 12.1 Å². The molecule has 43 heteroatoms. The monoisotopic (exact) mass is 1520 g/mol. The number of carbonyl (C=O) groups is 7. The number of nitrogens with zero attached hydrogens (tertiary/aromatic N) is 18. The standard InChI is InChI=1S/C20H23N5O4S.C12H15N.C7H10N4O3S.C7H8N4O3.2C7H10N4O.C4H3N3O4/c1-24-8-9-25-18(19(24)26)16(11-21-25)30(28,29)23-20(27)22-17-14-6-2-4-12(14)10-13-5-3-7-15(13)17;13-12-10-5-1-3-8(10)7-9-4-2-6-11(9)12;1-10-2-3-11-6(7(10)12)5(4-9-11)15(8,13)14;1-9-2-3-10-6(7(9)12)5(4-8-10)11(13)14;2*1-10-2-3-11-6(7(10)12)5(8)4-9-11;8-4(9)3-2(7(10)11)1-5-6-3/h10-11H,2-9H2,1H3,(H2,22,23,27);7H,1-6,13H2;4H,2-3H2,1H3,(H2,8,13,14);4H,2-3H2,1H3;2*4H,2-3,8H2,1H3;1H,(H,5,6)(H,8,9). The summed E-state index contributed by atoms with van der Waals surface area (Å²) in [6, 6.07) is 3.84. The van der Waals surface area contributed by atoms with Crippen molar-refractivity contribution in [1.29, 1.82) is 0 Å². The molecule has 9 aliphatic rings. The highest BCUT2D eigenvalue weighted by Gasteiger charge is 2.37. The molecule has 2 aromatic carbocycles. The zero-order chi connectivity index (χ0) is 77.2. The lowest BCUT2D eigenvalue weighted by molar-refractivity contribution is -0.385. The molecule has 568 valence electrons. The van der Waals surface area contributed by atoms with Crippen LogP contribution in [0.25, 0.3) is 0 Å². The first-order chi connectivity index (χ1) is 50.7. The number of nitro groups is 2. The van der Waals surface area contributed by atoms with Crippen molar-refractivity contribution in [1.82, 2.24) is 88.3 Å². The third-order valence-electron chi connectivity index (χ3n) is 19.4. The Labute approximate surface area is 610 Å². The molecule has 17 rings (SSSR count). The zero-order valence-electron chi connectivity index (χ0n) is 58.9. The molecule has 0 spiro atoms. The Morgan fingerprint density at radius 1 is 0.477 bits per heavy atom. The Hall–Kier alpha value is -12.2. The average Bonchev–Trinajstić information content (AvgIpc) is 1.66. The molecular weight excluding hydrogens is 1440 g/mol. The lowest BCUT2D eigenvalue weighted by Gasteiger charge is -2.24. The van der Waals surface area contributed by atoms with E-state index in [0.717, 1.165) is 98.9 Å². The number of anilines is 4. The summed E-state index contributed by atoms with van der Waals surface area (Å²) >= 11 is 0. The van der Waals surface area contributed by atoms with Gasteiger partial charge in [0.15, 0.2) is 0 Å². The van der Waals surface area contributed by atoms with E-state index in [1.807, 2.05) is 5.10 Å². The molecule has 11 heterocycles. The number of hydrogen-bond donors (Lipinski definition) is 8. The van der Waals surface area contributed by atoms with Crippen molar-refractivity contribution in [3.63, 3.8) is 0 Å². The number of carboxylic acids is 1. The predicted molar refractivity (Wildman–Crippen MR) is 380 cm³/mol. The van der Waals surface area contributed by atoms with Gasteiger partial charge in [-0.3, -0.25) is 72.7 Å². The molecule has 7 amide bonds. The van der Waals surface area contributed by atoms with E-state index in [-0.39, 0.29) is 56.2 Å². The highest BCUT2D eigenvalue weighted by Crippen LogP contribution is 2.40. The Kier molecular flexibility index (Phi) is 21.9. The van der Waals surface area contributed by atoms with Gasteiger partial charge in [-0.05, 0) is 122 Å². The Morgan fingerprint density at radius 2 is 0.822 bits per heavy atom. The maximum Gasteiger partial charge on any atom is 0.361 e. The van der Waals surface area contributed by atoms with Gasteiger partial charge in [-0.15, -0.1) is 0 Å². The van der Waals surface area contributed by atoms with Crippen molar-refractivity contribution in [3.05, 3.63) is 148 Å². The number of likely N-dealkylation sites (N-methyl/N-ethyl adjacent to an activating group) is 5. The summed E-state index contributed by atoms with van der Waals surface area (Å²) < 4.78 is 57.6. The van der Waals surface area contributed by atoms with Crippen LogP contribution in [0.2, 0.25) is 0 Å². The lowest BCUT2D eigenvalue weighted by atomic mass is 9.99. The number of nitrogens with one attached hydrogen (secondary N) is 3. The minimum absolute atomic E-state index is 0.0226. The number of aromatic carboxylic acids is 1. The molecule has 12 N–H and O–H groups in total. The van der Waals surface area contributed by atoms with E-state index in [0.29, 0.717) is 75.1 Å². The average molecular weight is 1520 g/mol. The number of fused-ring (bicyclic) bond motifs is 9. The van der Waals surface area contributed by atoms with Crippen LogP contribution < -0.4 is 32.4 Å². The van der Waals surface area contributed by atoms with Crippen LogP contribution in [0.5, 0.6) is 0 Å². The van der Waals surface area contributed by atoms with Crippen LogP contribution in [0, 0.1) is 20.2 Å². The van der Waals surface area contributed by atoms with Gasteiger partial charge in [0.25, 0.3) is 39.6 Å². The minimum Gasteiger partial charge on any atom is -0.476 e. The van der Waals surface area contributed by atoms with E-state index in [2.05, 4.69) is 52.8 Å². The molecule has 4 aliphatic carbocycles. The fraction of sp³-hybridized carbons (Fsp3) is 0.422. The number of nitrogen functional groups attached to an aromatic ring is 3. The van der Waals surface area contributed by atoms with Crippen molar-refractivity contribution in [3.8, 4) is 0 Å². The largest absolute Gasteiger partial charge is 0.476 e. The number of aryl methyl sites for hydroxylation is 4. The van der Waals surface area contributed by atoms with Crippen molar-refractivity contribution in [2.45, 2.75) is 120 Å². The molecule has 6 aromatic heterocycles. The minimum atomic E-state index is -4.26. The van der Waals surface area contributed by atoms with E-state index in [1.165, 1.54) is 113 Å². The van der Waals surface area contributed by atoms with Gasteiger partial charge in [-0.25, -0.2) is 36.3 Å². The number of sulfonamides is 2. The number of nitrogens with two attached hydrogens (primary N) is 4. The van der Waals surface area contributed by atoms with Crippen molar-refractivity contribution < 1.29 is 65.4 Å². The Balaban J connectivity index is 0.000000129. The summed E-state index contributed by atoms with van der Waals surface area (Å²) in [4.78, 5) is 108. The van der Waals surface area contributed by atoms with Crippen LogP contribution in [-0.2, 0) is 104 Å². The second kappa shape index (κ2) is 30.9. The molecule has 0 atom stereocenters. The molecule has 107 heavy (non-hydrogen) atoms. The van der Waals surface area contributed by atoms with Crippen LogP contribution in [-0.4, -0.2) is 225 Å². The summed E-state index contributed by atoms with van der Waals surface area (Å²) in [5, 5.41) is 61.6. The van der Waals surface area contributed by atoms with Crippen LogP contribution in [0.1, 0.15) is 133 Å². The number of urea groups is 1. The van der Waals surface area contributed by atoms with Gasteiger partial charge in [-0.2, -0.15) is 30.6 Å². The van der Waals surface area contributed by atoms with Gasteiger partial charge in [0.05, 0.1) is 78.7 Å². The van der Waals surface area contributed by atoms with Crippen LogP contribution in [0.3, 0.4) is 0 Å². The van der Waals surface area contributed by atoms with Gasteiger partial charge in [0.1, 0.15) is 45.0 Å². The third kappa shape index (κ3) is 15.7. The first-order valence-electron chi connectivity index (χ1n) is 33.8. The van der Waals surface area contributed by atoms with E-state index in [4.69, 9.17) is 27.4 Å². The van der Waals surface area contributed by atoms with Crippen molar-refractivity contribution >= 4 is 95.7 Å². The number of primary sulfonamides is 1. The number of amides is 7. The fourth-order valence-corrected chi connectivity index (χ4v) is 15.5. The number of carboxylic acid groups (broad SMARTS) is 1. The molecule has 0 saturated heterocycles. The number of benzene rings is 2. The molecule has 5 aliphatic heterocycles. The second-order valence-electron chi connectivity index (χ2n) is 26.3. The number of aromatic amines is 1. The maximum atomic E-state index is 12.9. The summed E-state index contributed by atoms with van der Waals surface area (Å²) in [7, 11) is 0.201. The lowest BCUT2D eigenvalue weighted by Crippen LogP contribution is -2.40. The molecular formula is C64H79N25O16S2. The van der Waals surface area contributed by atoms with Gasteiger partial charge >= 0.3 is 23.4 Å². The number of aromatic nitrogens is 12. The fourth-order valence-electron chi connectivity index (χ4n) is 13.8. The van der Waals surface area contributed by atoms with E-state index in [9.17, 15) is 70.6 Å². The number of rotatable bonds is 7. The summed E-state index contributed by atoms with van der Waals surface area (Å²) in [5.41, 5.74) is 30.8. The quantitative estimate of drug-likeness (QED) is 0.0633. The molecule has 41 nitrogen and oxygen atoms in total. The SMILES string of the molecule is CN1CCn2ncc(N)c2C1=O.CN1CCn2ncc(N)c2C1=O.CN1CCn2ncc(S(=O)(=O)NC(=O)Nc3c4c(cc5c3CCC5)CCC4)c2C1=O.CN1CCn2ncc(S(N)(=O)=O)c2C1=O.CN1CCn2ncc([N+](=O)[O-])c2C1=O.Nc1c2c(cc3c1CCC3)CCC2.O=C(O)c1[nH]ncc1[N+](=O)[O-]. The maximum absolute atomic E-state index is 12.9. The summed E-state index contributed by atoms with van der Waals surface area (Å²) in [6.45, 7) is 5.75. The molecule has 0 fully saturated rings. The highest BCUT2D eigenvalue weighted by molar-refractivity contribution is 7.90.